The molecule has 0 saturated carbocycles. The molecule has 5 nitrogen and oxygen atoms in total. The fourth-order valence-electron chi connectivity index (χ4n) is 2.20. The zero-order chi connectivity index (χ0) is 18.2. The second-order valence-corrected chi connectivity index (χ2v) is 5.37. The van der Waals surface area contributed by atoms with Crippen molar-refractivity contribution in [1.29, 1.82) is 0 Å². The molecule has 0 fully saturated rings. The number of nitrogens with one attached hydrogen (secondary N) is 2. The smallest absolute Gasteiger partial charge is 0.387 e. The van der Waals surface area contributed by atoms with E-state index in [1.807, 2.05) is 0 Å². The first kappa shape index (κ1) is 18.4. The maximum absolute atomic E-state index is 12.4. The van der Waals surface area contributed by atoms with Crippen molar-refractivity contribution in [3.05, 3.63) is 60.2 Å². The first-order valence-corrected chi connectivity index (χ1v) is 7.65. The van der Waals surface area contributed by atoms with Crippen LogP contribution in [0.4, 0.5) is 14.5 Å². The van der Waals surface area contributed by atoms with Crippen LogP contribution in [0, 0.1) is 0 Å². The van der Waals surface area contributed by atoms with Crippen LogP contribution >= 0.6 is 0 Å². The summed E-state index contributed by atoms with van der Waals surface area (Å²) in [6, 6.07) is 14.1. The number of amides is 2. The van der Waals surface area contributed by atoms with Crippen molar-refractivity contribution in [1.82, 2.24) is 5.32 Å². The lowest BCUT2D eigenvalue weighted by atomic mass is 10.1. The van der Waals surface area contributed by atoms with Gasteiger partial charge in [-0.2, -0.15) is 8.78 Å². The minimum absolute atomic E-state index is 0.0123. The molecule has 0 aliphatic rings. The quantitative estimate of drug-likeness (QED) is 0.805. The number of carbonyl (C=O) groups excluding carboxylic acids is 2. The minimum atomic E-state index is -2.98. The third-order valence-electron chi connectivity index (χ3n) is 3.28. The van der Waals surface area contributed by atoms with Gasteiger partial charge in [0.2, 0.25) is 5.91 Å². The summed E-state index contributed by atoms with van der Waals surface area (Å²) < 4.78 is 29.1. The monoisotopic (exact) mass is 348 g/mol. The zero-order valence-electron chi connectivity index (χ0n) is 13.5. The second kappa shape index (κ2) is 8.77. The van der Waals surface area contributed by atoms with E-state index in [0.29, 0.717) is 5.56 Å². The molecule has 0 heterocycles. The lowest BCUT2D eigenvalue weighted by molar-refractivity contribution is -0.116. The highest BCUT2D eigenvalue weighted by Crippen LogP contribution is 2.25. The van der Waals surface area contributed by atoms with Crippen molar-refractivity contribution in [2.75, 3.05) is 5.32 Å². The third kappa shape index (κ3) is 5.87. The van der Waals surface area contributed by atoms with E-state index < -0.39 is 18.6 Å². The van der Waals surface area contributed by atoms with Crippen LogP contribution in [0.3, 0.4) is 0 Å². The molecule has 0 aliphatic heterocycles. The van der Waals surface area contributed by atoms with E-state index in [-0.39, 0.29) is 23.8 Å². The number of hydrogen-bond acceptors (Lipinski definition) is 3. The van der Waals surface area contributed by atoms with E-state index >= 15 is 0 Å². The Bertz CT molecular complexity index is 723. The predicted octanol–water partition coefficient (Wildman–Crippen LogP) is 3.44. The topological polar surface area (TPSA) is 67.4 Å². The van der Waals surface area contributed by atoms with Crippen LogP contribution in [-0.4, -0.2) is 24.5 Å². The van der Waals surface area contributed by atoms with Gasteiger partial charge >= 0.3 is 6.61 Å². The fourth-order valence-corrected chi connectivity index (χ4v) is 2.20. The van der Waals surface area contributed by atoms with E-state index in [2.05, 4.69) is 15.4 Å². The molecule has 132 valence electrons. The average molecular weight is 348 g/mol. The Labute approximate surface area is 144 Å². The molecular weight excluding hydrogens is 330 g/mol. The summed E-state index contributed by atoms with van der Waals surface area (Å²) in [6.07, 6.45) is -0.0123. The van der Waals surface area contributed by atoms with Crippen LogP contribution < -0.4 is 15.4 Å². The molecule has 2 aromatic carbocycles. The average Bonchev–Trinajstić information content (AvgIpc) is 2.56. The number of carbonyl (C=O) groups is 2. The predicted molar refractivity (Wildman–Crippen MR) is 89.7 cm³/mol. The number of rotatable bonds is 7. The van der Waals surface area contributed by atoms with Crippen LogP contribution in [0.1, 0.15) is 23.7 Å². The molecule has 2 amide bonds. The summed E-state index contributed by atoms with van der Waals surface area (Å²) in [7, 11) is 0. The van der Waals surface area contributed by atoms with E-state index in [9.17, 15) is 18.4 Å². The normalized spacial score (nSPS) is 11.7. The van der Waals surface area contributed by atoms with Gasteiger partial charge in [0, 0.05) is 18.0 Å². The van der Waals surface area contributed by atoms with Gasteiger partial charge in [-0.15, -0.1) is 0 Å². The Morgan fingerprint density at radius 2 is 1.68 bits per heavy atom. The molecule has 0 spiro atoms. The molecule has 2 N–H and O–H groups in total. The molecule has 1 unspecified atom stereocenters. The summed E-state index contributed by atoms with van der Waals surface area (Å²) in [4.78, 5) is 24.1. The largest absolute Gasteiger partial charge is 0.433 e. The summed E-state index contributed by atoms with van der Waals surface area (Å²) in [5, 5.41) is 5.22. The van der Waals surface area contributed by atoms with Gasteiger partial charge in [0.15, 0.2) is 0 Å². The number of ether oxygens (including phenoxy) is 1. The molecule has 25 heavy (non-hydrogen) atoms. The first-order valence-electron chi connectivity index (χ1n) is 7.65. The van der Waals surface area contributed by atoms with E-state index in [4.69, 9.17) is 0 Å². The van der Waals surface area contributed by atoms with E-state index in [0.717, 1.165) is 0 Å². The minimum Gasteiger partial charge on any atom is -0.433 e. The standard InChI is InChI=1S/C18H18F2N2O3/c1-12(21-17(24)13-7-3-2-4-8-13)11-16(23)22-14-9-5-6-10-15(14)25-18(19)20/h2-10,12,18H,11H2,1H3,(H,21,24)(H,22,23). The van der Waals surface area contributed by atoms with Crippen LogP contribution in [-0.2, 0) is 4.79 Å². The number of para-hydroxylation sites is 2. The fraction of sp³-hybridized carbons (Fsp3) is 0.222. The molecule has 1 atom stereocenters. The van der Waals surface area contributed by atoms with Crippen molar-refractivity contribution in [3.8, 4) is 5.75 Å². The second-order valence-electron chi connectivity index (χ2n) is 5.37. The zero-order valence-corrected chi connectivity index (χ0v) is 13.5. The molecule has 0 saturated heterocycles. The van der Waals surface area contributed by atoms with Crippen molar-refractivity contribution >= 4 is 17.5 Å². The molecule has 0 aromatic heterocycles. The van der Waals surface area contributed by atoms with Gasteiger partial charge in [0.1, 0.15) is 5.75 Å². The summed E-state index contributed by atoms with van der Waals surface area (Å²) >= 11 is 0. The molecule has 2 rings (SSSR count). The molecular formula is C18H18F2N2O3. The lowest BCUT2D eigenvalue weighted by Crippen LogP contribution is -2.35. The van der Waals surface area contributed by atoms with Gasteiger partial charge < -0.3 is 15.4 Å². The number of anilines is 1. The summed E-state index contributed by atoms with van der Waals surface area (Å²) in [5.74, 6) is -0.833. The van der Waals surface area contributed by atoms with Gasteiger partial charge in [-0.05, 0) is 31.2 Å². The van der Waals surface area contributed by atoms with E-state index in [1.165, 1.54) is 18.2 Å². The van der Waals surface area contributed by atoms with Crippen LogP contribution in [0.5, 0.6) is 5.75 Å². The number of hydrogen-bond donors (Lipinski definition) is 2. The lowest BCUT2D eigenvalue weighted by Gasteiger charge is -2.15. The Balaban J connectivity index is 1.91. The van der Waals surface area contributed by atoms with Crippen LogP contribution in [0.15, 0.2) is 54.6 Å². The molecule has 0 bridgehead atoms. The van der Waals surface area contributed by atoms with Gasteiger partial charge in [-0.3, -0.25) is 9.59 Å². The van der Waals surface area contributed by atoms with Crippen molar-refractivity contribution in [2.45, 2.75) is 26.0 Å². The maximum atomic E-state index is 12.4. The third-order valence-corrected chi connectivity index (χ3v) is 3.28. The highest BCUT2D eigenvalue weighted by Gasteiger charge is 2.15. The van der Waals surface area contributed by atoms with Gasteiger partial charge in [-0.25, -0.2) is 0 Å². The Hall–Kier alpha value is -2.96. The van der Waals surface area contributed by atoms with Crippen LogP contribution in [0.25, 0.3) is 0 Å². The first-order chi connectivity index (χ1) is 12.0. The number of halogens is 2. The molecule has 0 radical (unpaired) electrons. The van der Waals surface area contributed by atoms with Gasteiger partial charge in [0.05, 0.1) is 5.69 Å². The van der Waals surface area contributed by atoms with Crippen molar-refractivity contribution in [3.63, 3.8) is 0 Å². The van der Waals surface area contributed by atoms with Gasteiger partial charge in [0.25, 0.3) is 5.91 Å². The van der Waals surface area contributed by atoms with Crippen molar-refractivity contribution < 1.29 is 23.1 Å². The van der Waals surface area contributed by atoms with E-state index in [1.54, 1.807) is 43.3 Å². The van der Waals surface area contributed by atoms with Crippen molar-refractivity contribution in [2.24, 2.45) is 0 Å². The van der Waals surface area contributed by atoms with Gasteiger partial charge in [-0.1, -0.05) is 30.3 Å². The SMILES string of the molecule is CC(CC(=O)Nc1ccccc1OC(F)F)NC(=O)c1ccccc1. The molecule has 2 aromatic rings. The van der Waals surface area contributed by atoms with Crippen LogP contribution in [0.2, 0.25) is 0 Å². The Kier molecular flexibility index (Phi) is 6.45. The number of benzene rings is 2. The summed E-state index contributed by atoms with van der Waals surface area (Å²) in [5.41, 5.74) is 0.639. The summed E-state index contributed by atoms with van der Waals surface area (Å²) in [6.45, 7) is -1.30. The Morgan fingerprint density at radius 3 is 2.36 bits per heavy atom. The highest BCUT2D eigenvalue weighted by atomic mass is 19.3. The maximum Gasteiger partial charge on any atom is 0.387 e. The number of alkyl halides is 2. The Morgan fingerprint density at radius 1 is 1.04 bits per heavy atom. The molecule has 7 heteroatoms. The highest BCUT2D eigenvalue weighted by molar-refractivity contribution is 5.96. The molecule has 0 aliphatic carbocycles.